The number of piperidine rings is 1. The molecular formula is C15H26INO. The van der Waals surface area contributed by atoms with Crippen molar-refractivity contribution < 1.29 is 4.79 Å². The smallest absolute Gasteiger partial charge is 0.149 e. The van der Waals surface area contributed by atoms with Crippen molar-refractivity contribution in [2.45, 2.75) is 55.8 Å². The van der Waals surface area contributed by atoms with Crippen LogP contribution in [0.4, 0.5) is 0 Å². The summed E-state index contributed by atoms with van der Waals surface area (Å²) in [5.74, 6) is 1.80. The topological polar surface area (TPSA) is 20.3 Å². The van der Waals surface area contributed by atoms with Crippen LogP contribution >= 0.6 is 22.6 Å². The number of nitrogens with zero attached hydrogens (tertiary/aromatic N) is 1. The summed E-state index contributed by atoms with van der Waals surface area (Å²) in [7, 11) is 0. The standard InChI is InChI=1S/C15H26INO/c1-2-12-7-9-17(10-8-12)11-15(18)13-3-5-14(16)6-4-13/h12-14H,2-11H2,1H3. The van der Waals surface area contributed by atoms with Crippen LogP contribution in [0.25, 0.3) is 0 Å². The second kappa shape index (κ2) is 7.22. The van der Waals surface area contributed by atoms with E-state index in [-0.39, 0.29) is 0 Å². The monoisotopic (exact) mass is 363 g/mol. The molecule has 0 aromatic heterocycles. The van der Waals surface area contributed by atoms with E-state index >= 15 is 0 Å². The highest BCUT2D eigenvalue weighted by Gasteiger charge is 2.27. The molecule has 2 fully saturated rings. The molecule has 0 spiro atoms. The number of hydrogen-bond acceptors (Lipinski definition) is 2. The summed E-state index contributed by atoms with van der Waals surface area (Å²) >= 11 is 2.53. The quantitative estimate of drug-likeness (QED) is 0.561. The number of Topliss-reactive ketones (excluding diaryl/α,β-unsaturated/α-hetero) is 1. The van der Waals surface area contributed by atoms with E-state index in [0.29, 0.717) is 11.7 Å². The Bertz CT molecular complexity index is 266. The first-order chi connectivity index (χ1) is 8.69. The minimum atomic E-state index is 0.375. The Hall–Kier alpha value is 0.360. The van der Waals surface area contributed by atoms with Crippen molar-refractivity contribution in [1.29, 1.82) is 0 Å². The largest absolute Gasteiger partial charge is 0.298 e. The molecule has 18 heavy (non-hydrogen) atoms. The van der Waals surface area contributed by atoms with Crippen LogP contribution in [0.5, 0.6) is 0 Å². The Labute approximate surface area is 125 Å². The van der Waals surface area contributed by atoms with Gasteiger partial charge in [-0.05, 0) is 57.5 Å². The van der Waals surface area contributed by atoms with Gasteiger partial charge in [0.25, 0.3) is 0 Å². The Morgan fingerprint density at radius 1 is 1.11 bits per heavy atom. The summed E-state index contributed by atoms with van der Waals surface area (Å²) in [6, 6.07) is 0. The van der Waals surface area contributed by atoms with Crippen LogP contribution in [0.15, 0.2) is 0 Å². The Kier molecular flexibility index (Phi) is 5.93. The number of ketones is 1. The lowest BCUT2D eigenvalue weighted by molar-refractivity contribution is -0.125. The SMILES string of the molecule is CCC1CCN(CC(=O)C2CCC(I)CC2)CC1. The summed E-state index contributed by atoms with van der Waals surface area (Å²) in [4.78, 5) is 14.7. The highest BCUT2D eigenvalue weighted by molar-refractivity contribution is 14.1. The summed E-state index contributed by atoms with van der Waals surface area (Å²) in [5.41, 5.74) is 0. The van der Waals surface area contributed by atoms with Gasteiger partial charge in [-0.15, -0.1) is 0 Å². The van der Waals surface area contributed by atoms with E-state index in [1.165, 1.54) is 32.1 Å². The molecule has 1 aliphatic carbocycles. The second-order valence-electron chi connectivity index (χ2n) is 6.04. The van der Waals surface area contributed by atoms with Gasteiger partial charge in [0.05, 0.1) is 6.54 Å². The van der Waals surface area contributed by atoms with Crippen LogP contribution in [0, 0.1) is 11.8 Å². The fourth-order valence-corrected chi connectivity index (χ4v) is 4.00. The lowest BCUT2D eigenvalue weighted by atomic mass is 9.85. The third-order valence-corrected chi connectivity index (χ3v) is 6.02. The minimum absolute atomic E-state index is 0.375. The van der Waals surface area contributed by atoms with Gasteiger partial charge in [-0.25, -0.2) is 0 Å². The average molecular weight is 363 g/mol. The lowest BCUT2D eigenvalue weighted by Crippen LogP contribution is -2.39. The second-order valence-corrected chi connectivity index (χ2v) is 7.80. The van der Waals surface area contributed by atoms with Gasteiger partial charge in [0, 0.05) is 9.84 Å². The van der Waals surface area contributed by atoms with Crippen LogP contribution in [0.3, 0.4) is 0 Å². The zero-order valence-corrected chi connectivity index (χ0v) is 13.7. The predicted octanol–water partition coefficient (Wildman–Crippen LogP) is 3.67. The van der Waals surface area contributed by atoms with Gasteiger partial charge < -0.3 is 0 Å². The highest BCUT2D eigenvalue weighted by Crippen LogP contribution is 2.30. The molecule has 104 valence electrons. The molecule has 0 aromatic carbocycles. The number of halogens is 1. The molecule has 0 unspecified atom stereocenters. The highest BCUT2D eigenvalue weighted by atomic mass is 127. The van der Waals surface area contributed by atoms with Crippen molar-refractivity contribution >= 4 is 28.4 Å². The first-order valence-electron chi connectivity index (χ1n) is 7.58. The fourth-order valence-electron chi connectivity index (χ4n) is 3.28. The van der Waals surface area contributed by atoms with Gasteiger partial charge in [0.15, 0.2) is 0 Å². The molecule has 0 radical (unpaired) electrons. The van der Waals surface area contributed by atoms with Gasteiger partial charge in [-0.3, -0.25) is 9.69 Å². The molecule has 1 aliphatic heterocycles. The molecule has 0 amide bonds. The molecule has 0 N–H and O–H groups in total. The Morgan fingerprint density at radius 3 is 2.28 bits per heavy atom. The van der Waals surface area contributed by atoms with Crippen LogP contribution in [0.1, 0.15) is 51.9 Å². The molecule has 1 saturated carbocycles. The molecular weight excluding hydrogens is 337 g/mol. The molecule has 1 heterocycles. The summed E-state index contributed by atoms with van der Waals surface area (Å²) in [6.07, 6.45) is 8.66. The van der Waals surface area contributed by atoms with Crippen LogP contribution in [-0.4, -0.2) is 34.2 Å². The number of rotatable bonds is 4. The van der Waals surface area contributed by atoms with E-state index < -0.39 is 0 Å². The summed E-state index contributed by atoms with van der Waals surface area (Å²) in [5, 5.41) is 0. The first-order valence-corrected chi connectivity index (χ1v) is 8.82. The van der Waals surface area contributed by atoms with Crippen molar-refractivity contribution in [1.82, 2.24) is 4.90 Å². The number of carbonyl (C=O) groups is 1. The van der Waals surface area contributed by atoms with Crippen molar-refractivity contribution in [2.75, 3.05) is 19.6 Å². The third-order valence-electron chi connectivity index (χ3n) is 4.78. The van der Waals surface area contributed by atoms with E-state index in [4.69, 9.17) is 0 Å². The number of likely N-dealkylation sites (tertiary alicyclic amines) is 1. The van der Waals surface area contributed by atoms with E-state index in [2.05, 4.69) is 34.4 Å². The molecule has 2 nitrogen and oxygen atoms in total. The van der Waals surface area contributed by atoms with Gasteiger partial charge in [0.1, 0.15) is 5.78 Å². The van der Waals surface area contributed by atoms with Crippen LogP contribution in [0.2, 0.25) is 0 Å². The Balaban J connectivity index is 1.71. The molecule has 0 atom stereocenters. The molecule has 3 heteroatoms. The maximum absolute atomic E-state index is 12.3. The van der Waals surface area contributed by atoms with E-state index in [0.717, 1.165) is 42.3 Å². The zero-order chi connectivity index (χ0) is 13.0. The lowest BCUT2D eigenvalue weighted by Gasteiger charge is -2.32. The van der Waals surface area contributed by atoms with E-state index in [1.54, 1.807) is 0 Å². The molecule has 2 rings (SSSR count). The molecule has 0 bridgehead atoms. The average Bonchev–Trinajstić information content (AvgIpc) is 2.40. The molecule has 0 aromatic rings. The van der Waals surface area contributed by atoms with Crippen molar-refractivity contribution in [2.24, 2.45) is 11.8 Å². The third kappa shape index (κ3) is 4.19. The number of carbonyl (C=O) groups excluding carboxylic acids is 1. The predicted molar refractivity (Wildman–Crippen MR) is 84.2 cm³/mol. The normalized spacial score (nSPS) is 31.4. The Morgan fingerprint density at radius 2 is 1.72 bits per heavy atom. The zero-order valence-electron chi connectivity index (χ0n) is 11.5. The van der Waals surface area contributed by atoms with Crippen molar-refractivity contribution in [3.8, 4) is 0 Å². The maximum Gasteiger partial charge on any atom is 0.149 e. The van der Waals surface area contributed by atoms with Crippen LogP contribution < -0.4 is 0 Å². The molecule has 1 saturated heterocycles. The van der Waals surface area contributed by atoms with Crippen molar-refractivity contribution in [3.05, 3.63) is 0 Å². The van der Waals surface area contributed by atoms with Crippen molar-refractivity contribution in [3.63, 3.8) is 0 Å². The number of hydrogen-bond donors (Lipinski definition) is 0. The van der Waals surface area contributed by atoms with Gasteiger partial charge in [-0.1, -0.05) is 35.9 Å². The summed E-state index contributed by atoms with van der Waals surface area (Å²) in [6.45, 7) is 5.30. The molecule has 2 aliphatic rings. The maximum atomic E-state index is 12.3. The first kappa shape index (κ1) is 14.8. The summed E-state index contributed by atoms with van der Waals surface area (Å²) < 4.78 is 0.812. The fraction of sp³-hybridized carbons (Fsp3) is 0.933. The van der Waals surface area contributed by atoms with Crippen LogP contribution in [-0.2, 0) is 4.79 Å². The minimum Gasteiger partial charge on any atom is -0.298 e. The van der Waals surface area contributed by atoms with Gasteiger partial charge in [0.2, 0.25) is 0 Å². The van der Waals surface area contributed by atoms with Gasteiger partial charge in [-0.2, -0.15) is 0 Å². The number of alkyl halides is 1. The van der Waals surface area contributed by atoms with Gasteiger partial charge >= 0.3 is 0 Å². The van der Waals surface area contributed by atoms with E-state index in [9.17, 15) is 4.79 Å². The van der Waals surface area contributed by atoms with E-state index in [1.807, 2.05) is 0 Å².